The van der Waals surface area contributed by atoms with Gasteiger partial charge in [0, 0.05) is 60.1 Å². The van der Waals surface area contributed by atoms with E-state index in [-0.39, 0.29) is 80.7 Å². The van der Waals surface area contributed by atoms with Crippen LogP contribution in [0.25, 0.3) is 0 Å². The minimum Gasteiger partial charge on any atom is -0.445 e. The van der Waals surface area contributed by atoms with Crippen LogP contribution in [0.4, 0.5) is 15.3 Å². The van der Waals surface area contributed by atoms with Gasteiger partial charge in [-0.05, 0) is 86.5 Å². The number of methoxy groups -OCH3 is 2. The summed E-state index contributed by atoms with van der Waals surface area (Å²) in [7, 11) is 6.08. The zero-order valence-corrected chi connectivity index (χ0v) is 57.8. The molecule has 1 aliphatic rings. The zero-order chi connectivity index (χ0) is 69.2. The first kappa shape index (κ1) is 78.3. The van der Waals surface area contributed by atoms with Gasteiger partial charge in [-0.15, -0.1) is 28.3 Å². The Hall–Kier alpha value is -7.13. The van der Waals surface area contributed by atoms with E-state index in [0.717, 1.165) is 4.90 Å². The number of primary amides is 1. The number of hydrogen-bond donors (Lipinski definition) is 8. The van der Waals surface area contributed by atoms with Crippen molar-refractivity contribution in [2.24, 2.45) is 29.4 Å². The third kappa shape index (κ3) is 22.8. The van der Waals surface area contributed by atoms with Crippen LogP contribution in [0.3, 0.4) is 0 Å². The van der Waals surface area contributed by atoms with Crippen molar-refractivity contribution in [2.45, 2.75) is 206 Å². The van der Waals surface area contributed by atoms with Crippen LogP contribution in [0.5, 0.6) is 0 Å². The fourth-order valence-corrected chi connectivity index (χ4v) is 12.1. The monoisotopic (exact) mass is 1340 g/mol. The van der Waals surface area contributed by atoms with Crippen molar-refractivity contribution in [1.82, 2.24) is 56.3 Å². The van der Waals surface area contributed by atoms with E-state index in [1.165, 1.54) is 21.3 Å². The van der Waals surface area contributed by atoms with E-state index in [2.05, 4.69) is 42.2 Å². The second-order valence-electron chi connectivity index (χ2n) is 24.6. The predicted octanol–water partition coefficient (Wildman–Crippen LogP) is 5.90. The van der Waals surface area contributed by atoms with Crippen LogP contribution in [0, 0.1) is 23.7 Å². The van der Waals surface area contributed by atoms with E-state index in [4.69, 9.17) is 43.1 Å². The van der Waals surface area contributed by atoms with Crippen molar-refractivity contribution >= 4 is 82.4 Å². The highest BCUT2D eigenvalue weighted by Gasteiger charge is 2.44. The number of carbonyl (C=O) groups is 9. The number of aryl methyl sites for hydroxylation is 1. The number of hydrogen-bond acceptors (Lipinski definition) is 15. The van der Waals surface area contributed by atoms with Crippen LogP contribution in [-0.4, -0.2) is 184 Å². The van der Waals surface area contributed by atoms with Crippen molar-refractivity contribution in [3.05, 3.63) is 77.1 Å². The Morgan fingerprint density at radius 1 is 0.774 bits per heavy atom. The average molecular weight is 1340 g/mol. The second kappa shape index (κ2) is 38.9. The number of ether oxygens (including phenoxy) is 3. The number of urea groups is 1. The highest BCUT2D eigenvalue weighted by atomic mass is 35.5. The van der Waals surface area contributed by atoms with Crippen molar-refractivity contribution in [1.29, 1.82) is 0 Å². The number of aromatic nitrogens is 3. The maximum Gasteiger partial charge on any atom is 0.410 e. The Balaban J connectivity index is 1.37. The Kier molecular flexibility index (Phi) is 32.8. The molecule has 1 aliphatic heterocycles. The quantitative estimate of drug-likeness (QED) is 0.0245. The number of nitrogens with two attached hydrogens (primary N) is 1. The molecule has 26 nitrogen and oxygen atoms in total. The minimum atomic E-state index is -1.10. The maximum absolute atomic E-state index is 14.7. The molecule has 4 rings (SSSR count). The molecule has 1 fully saturated rings. The fraction of sp³-hybridized carbons (Fsp3) is 0.646. The van der Waals surface area contributed by atoms with Crippen LogP contribution in [0.1, 0.15) is 149 Å². The summed E-state index contributed by atoms with van der Waals surface area (Å²) >= 11 is 12.0. The van der Waals surface area contributed by atoms with Crippen LogP contribution < -0.4 is 37.6 Å². The molecule has 0 bridgehead atoms. The van der Waals surface area contributed by atoms with Gasteiger partial charge in [0.1, 0.15) is 36.5 Å². The van der Waals surface area contributed by atoms with E-state index in [1.807, 2.05) is 32.0 Å². The number of carbonyl (C=O) groups excluding carboxylic acids is 9. The SMILES string of the molecule is CCC(C)C(C(CC(=O)N1CCCC1C(OC)C(C)C(=O)NC(C)C(O)c1ccccc1)OC)N(C)C(=O)C(NC(=O)C(CC)N(C)C(=O)OCc1ccc(NC(=O)C(CCCNC(N)=O)NC(=O)C(NC(=O)CCCn2nnc(CCl)c2CCl)C(C)C)cc1)C(C)C. The molecule has 12 unspecified atom stereocenters. The van der Waals surface area contributed by atoms with Crippen molar-refractivity contribution in [3.63, 3.8) is 0 Å². The first-order chi connectivity index (χ1) is 44.2. The van der Waals surface area contributed by atoms with Gasteiger partial charge in [-0.1, -0.05) is 109 Å². The number of likely N-dealkylation sites (tertiary alicyclic amines) is 1. The van der Waals surface area contributed by atoms with Gasteiger partial charge >= 0.3 is 12.1 Å². The predicted molar refractivity (Wildman–Crippen MR) is 353 cm³/mol. The maximum atomic E-state index is 14.7. The first-order valence-corrected chi connectivity index (χ1v) is 33.2. The molecule has 2 heterocycles. The number of alkyl halides is 2. The molecule has 0 saturated carbocycles. The fourth-order valence-electron chi connectivity index (χ4n) is 11.6. The first-order valence-electron chi connectivity index (χ1n) is 32.1. The molecule has 10 amide bonds. The van der Waals surface area contributed by atoms with Crippen molar-refractivity contribution in [3.8, 4) is 0 Å². The number of benzene rings is 2. The lowest BCUT2D eigenvalue weighted by atomic mass is 9.89. The third-order valence-corrected chi connectivity index (χ3v) is 17.8. The Morgan fingerprint density at radius 3 is 2.02 bits per heavy atom. The molecule has 1 saturated heterocycles. The number of aliphatic hydroxyl groups is 1. The van der Waals surface area contributed by atoms with Gasteiger partial charge in [-0.25, -0.2) is 14.3 Å². The molecule has 93 heavy (non-hydrogen) atoms. The number of nitrogens with one attached hydrogen (secondary N) is 6. The number of likely N-dealkylation sites (N-methyl/N-ethyl adjacent to an activating group) is 2. The lowest BCUT2D eigenvalue weighted by molar-refractivity contribution is -0.148. The Morgan fingerprint density at radius 2 is 1.44 bits per heavy atom. The van der Waals surface area contributed by atoms with Crippen LogP contribution in [-0.2, 0) is 72.7 Å². The molecule has 12 atom stereocenters. The molecule has 0 aliphatic carbocycles. The van der Waals surface area contributed by atoms with Crippen LogP contribution in [0.2, 0.25) is 0 Å². The molecule has 518 valence electrons. The van der Waals surface area contributed by atoms with Gasteiger partial charge in [0.05, 0.1) is 66.2 Å². The molecule has 28 heteroatoms. The summed E-state index contributed by atoms with van der Waals surface area (Å²) < 4.78 is 19.3. The number of halogens is 2. The summed E-state index contributed by atoms with van der Waals surface area (Å²) in [5.41, 5.74) is 8.00. The summed E-state index contributed by atoms with van der Waals surface area (Å²) in [5, 5.41) is 35.7. The molecule has 0 spiro atoms. The molecule has 1 aromatic heterocycles. The smallest absolute Gasteiger partial charge is 0.410 e. The summed E-state index contributed by atoms with van der Waals surface area (Å²) in [4.78, 5) is 127. The number of nitrogens with zero attached hydrogens (tertiary/aromatic N) is 6. The molecule has 9 N–H and O–H groups in total. The largest absolute Gasteiger partial charge is 0.445 e. The van der Waals surface area contributed by atoms with Gasteiger partial charge in [-0.2, -0.15) is 0 Å². The summed E-state index contributed by atoms with van der Waals surface area (Å²) in [5.74, 6) is -4.47. The van der Waals surface area contributed by atoms with Gasteiger partial charge in [-0.3, -0.25) is 38.5 Å². The lowest BCUT2D eigenvalue weighted by Gasteiger charge is -2.41. The van der Waals surface area contributed by atoms with E-state index >= 15 is 0 Å². The Labute approximate surface area is 557 Å². The van der Waals surface area contributed by atoms with Gasteiger partial charge in [0.25, 0.3) is 0 Å². The van der Waals surface area contributed by atoms with Crippen molar-refractivity contribution < 1.29 is 62.5 Å². The van der Waals surface area contributed by atoms with Crippen molar-refractivity contribution in [2.75, 3.05) is 46.7 Å². The van der Waals surface area contributed by atoms with Gasteiger partial charge < -0.3 is 66.8 Å². The highest BCUT2D eigenvalue weighted by Crippen LogP contribution is 2.31. The number of anilines is 1. The number of rotatable bonds is 38. The molecular weight excluding hydrogens is 1240 g/mol. The zero-order valence-electron chi connectivity index (χ0n) is 56.2. The second-order valence-corrected chi connectivity index (χ2v) is 25.1. The van der Waals surface area contributed by atoms with E-state index in [1.54, 1.807) is 106 Å². The highest BCUT2D eigenvalue weighted by molar-refractivity contribution is 6.18. The van der Waals surface area contributed by atoms with Gasteiger partial charge in [0.15, 0.2) is 0 Å². The molecule has 0 radical (unpaired) electrons. The minimum absolute atomic E-state index is 0.0566. The molecular formula is C65H101Cl2N13O13. The summed E-state index contributed by atoms with van der Waals surface area (Å²) in [6.45, 7) is 16.9. The summed E-state index contributed by atoms with van der Waals surface area (Å²) in [6.07, 6.45) is -0.430. The van der Waals surface area contributed by atoms with E-state index in [0.29, 0.717) is 67.0 Å². The van der Waals surface area contributed by atoms with Gasteiger partial charge in [0.2, 0.25) is 41.4 Å². The Bertz CT molecular complexity index is 2910. The molecule has 3 aromatic rings. The normalized spacial score (nSPS) is 16.7. The lowest BCUT2D eigenvalue weighted by Crippen LogP contribution is -2.59. The summed E-state index contributed by atoms with van der Waals surface area (Å²) in [6, 6.07) is 8.85. The topological polar surface area (TPSA) is 340 Å². The number of amides is 10. The van der Waals surface area contributed by atoms with E-state index < -0.39 is 114 Å². The third-order valence-electron chi connectivity index (χ3n) is 17.3. The average Bonchev–Trinajstić information content (AvgIpc) is 2.01. The van der Waals surface area contributed by atoms with Crippen LogP contribution >= 0.6 is 23.2 Å². The standard InChI is InChI=1S/C65H101Cl2N13O13/c1-14-40(7)56(51(91-12)34-53(82)79-32-20-25-49(79)58(92-13)41(8)59(84)70-42(9)57(83)44-22-17-16-18-23-44)78(11)63(88)55(39(5)6)74-61(86)48(15-2)77(10)65(90)93-37-43-27-29-45(30-28-43)71-60(85)46(24-19-31-69-64(68)89)72-62(87)54(38(3)4)73-52(81)26-21-33-80-50(36-67)47(35-66)75-76-80/h16-18,22-23,27-30,38-42,46,48-49,51,54-58,83H,14-15,19-21,24-26,31-37H2,1-13H3,(H,70,84)(H,71,85)(H,72,87)(H,73,81)(H,74,86)(H3,68,69,89). The number of aliphatic hydroxyl groups excluding tert-OH is 1. The molecule has 2 aromatic carbocycles. The van der Waals surface area contributed by atoms with E-state index in [9.17, 15) is 48.3 Å². The van der Waals surface area contributed by atoms with Crippen LogP contribution in [0.15, 0.2) is 54.6 Å².